The van der Waals surface area contributed by atoms with Crippen LogP contribution in [0.3, 0.4) is 0 Å². The van der Waals surface area contributed by atoms with Gasteiger partial charge in [-0.25, -0.2) is 0 Å². The van der Waals surface area contributed by atoms with E-state index < -0.39 is 0 Å². The first-order valence-electron chi connectivity index (χ1n) is 4.31. The van der Waals surface area contributed by atoms with Crippen LogP contribution in [-0.2, 0) is 12.4 Å². The maximum atomic E-state index is 5.77. The summed E-state index contributed by atoms with van der Waals surface area (Å²) in [5.74, 6) is 1.04. The molecule has 0 aliphatic heterocycles. The van der Waals surface area contributed by atoms with Crippen molar-refractivity contribution in [2.75, 3.05) is 0 Å². The minimum Gasteiger partial charge on any atom is -0.268 e. The van der Waals surface area contributed by atoms with Gasteiger partial charge < -0.3 is 0 Å². The summed E-state index contributed by atoms with van der Waals surface area (Å²) in [6.07, 6.45) is 0. The van der Waals surface area contributed by atoms with E-state index in [4.69, 9.17) is 11.6 Å². The topological polar surface area (TPSA) is 17.8 Å². The number of nitrogens with zero attached hydrogens (tertiary/aromatic N) is 2. The molecule has 0 bridgehead atoms. The smallest absolute Gasteiger partial charge is 0.0653 e. The second-order valence-electron chi connectivity index (χ2n) is 3.16. The summed E-state index contributed by atoms with van der Waals surface area (Å²) >= 11 is 5.77. The van der Waals surface area contributed by atoms with Gasteiger partial charge in [-0.2, -0.15) is 5.10 Å². The summed E-state index contributed by atoms with van der Waals surface area (Å²) in [5, 5.41) is 4.43. The highest BCUT2D eigenvalue weighted by atomic mass is 35.5. The second-order valence-corrected chi connectivity index (χ2v) is 3.43. The van der Waals surface area contributed by atoms with Gasteiger partial charge in [-0.1, -0.05) is 13.8 Å². The summed E-state index contributed by atoms with van der Waals surface area (Å²) in [6.45, 7) is 7.25. The van der Waals surface area contributed by atoms with Gasteiger partial charge in [-0.15, -0.1) is 11.6 Å². The van der Waals surface area contributed by atoms with Gasteiger partial charge in [0.15, 0.2) is 0 Å². The van der Waals surface area contributed by atoms with Gasteiger partial charge in [0.25, 0.3) is 0 Å². The van der Waals surface area contributed by atoms with Crippen LogP contribution in [0.4, 0.5) is 0 Å². The predicted molar refractivity (Wildman–Crippen MR) is 51.5 cm³/mol. The average molecular weight is 187 g/mol. The van der Waals surface area contributed by atoms with Crippen LogP contribution in [0, 0.1) is 0 Å². The van der Waals surface area contributed by atoms with E-state index in [2.05, 4.69) is 31.9 Å². The van der Waals surface area contributed by atoms with Crippen molar-refractivity contribution < 1.29 is 0 Å². The number of halogens is 1. The van der Waals surface area contributed by atoms with Crippen molar-refractivity contribution in [2.24, 2.45) is 0 Å². The van der Waals surface area contributed by atoms with Gasteiger partial charge in [-0.3, -0.25) is 4.68 Å². The van der Waals surface area contributed by atoms with E-state index >= 15 is 0 Å². The van der Waals surface area contributed by atoms with Gasteiger partial charge >= 0.3 is 0 Å². The molecule has 0 spiro atoms. The number of hydrogen-bond donors (Lipinski definition) is 0. The normalized spacial score (nSPS) is 11.1. The Morgan fingerprint density at radius 2 is 2.25 bits per heavy atom. The minimum atomic E-state index is 0.486. The van der Waals surface area contributed by atoms with Crippen LogP contribution in [0.1, 0.15) is 38.1 Å². The van der Waals surface area contributed by atoms with Crippen molar-refractivity contribution in [3.05, 3.63) is 17.5 Å². The zero-order valence-corrected chi connectivity index (χ0v) is 8.60. The molecule has 0 aliphatic rings. The first-order valence-corrected chi connectivity index (χ1v) is 4.85. The van der Waals surface area contributed by atoms with Gasteiger partial charge in [0.05, 0.1) is 17.3 Å². The third-order valence-corrected chi connectivity index (χ3v) is 2.18. The summed E-state index contributed by atoms with van der Waals surface area (Å²) < 4.78 is 1.96. The highest BCUT2D eigenvalue weighted by Gasteiger charge is 2.07. The molecule has 0 radical (unpaired) electrons. The van der Waals surface area contributed by atoms with Crippen LogP contribution < -0.4 is 0 Å². The van der Waals surface area contributed by atoms with Crippen molar-refractivity contribution in [1.82, 2.24) is 9.78 Å². The lowest BCUT2D eigenvalue weighted by Gasteiger charge is -1.99. The lowest BCUT2D eigenvalue weighted by Crippen LogP contribution is -2.01. The van der Waals surface area contributed by atoms with Crippen LogP contribution in [0.2, 0.25) is 0 Å². The zero-order chi connectivity index (χ0) is 9.14. The average Bonchev–Trinajstić information content (AvgIpc) is 2.46. The molecule has 0 saturated carbocycles. The molecule has 1 aromatic heterocycles. The molecule has 0 aliphatic carbocycles. The maximum absolute atomic E-state index is 5.77. The van der Waals surface area contributed by atoms with Crippen molar-refractivity contribution in [1.29, 1.82) is 0 Å². The lowest BCUT2D eigenvalue weighted by molar-refractivity contribution is 0.617. The fraction of sp³-hybridized carbons (Fsp3) is 0.667. The molecular formula is C9H15ClN2. The van der Waals surface area contributed by atoms with Gasteiger partial charge in [-0.05, 0) is 18.9 Å². The molecule has 68 valence electrons. The van der Waals surface area contributed by atoms with Crippen LogP contribution in [0.25, 0.3) is 0 Å². The Morgan fingerprint density at radius 1 is 1.58 bits per heavy atom. The first kappa shape index (κ1) is 9.59. The number of aryl methyl sites for hydroxylation is 1. The third kappa shape index (κ3) is 1.81. The van der Waals surface area contributed by atoms with Crippen molar-refractivity contribution in [2.45, 2.75) is 39.1 Å². The number of aromatic nitrogens is 2. The van der Waals surface area contributed by atoms with Crippen LogP contribution >= 0.6 is 11.6 Å². The molecule has 1 rings (SSSR count). The van der Waals surface area contributed by atoms with Crippen molar-refractivity contribution >= 4 is 11.6 Å². The summed E-state index contributed by atoms with van der Waals surface area (Å²) in [7, 11) is 0. The Balaban J connectivity index is 2.97. The molecule has 0 unspecified atom stereocenters. The third-order valence-electron chi connectivity index (χ3n) is 1.91. The molecule has 0 amide bonds. The Bertz CT molecular complexity index is 232. The predicted octanol–water partition coefficient (Wildman–Crippen LogP) is 2.77. The lowest BCUT2D eigenvalue weighted by atomic mass is 10.1. The van der Waals surface area contributed by atoms with E-state index in [1.165, 1.54) is 0 Å². The summed E-state index contributed by atoms with van der Waals surface area (Å²) in [4.78, 5) is 0. The molecule has 0 aromatic carbocycles. The van der Waals surface area contributed by atoms with Gasteiger partial charge in [0.2, 0.25) is 0 Å². The van der Waals surface area contributed by atoms with E-state index in [0.717, 1.165) is 17.9 Å². The number of rotatable bonds is 3. The molecule has 1 aromatic rings. The molecule has 2 nitrogen and oxygen atoms in total. The highest BCUT2D eigenvalue weighted by molar-refractivity contribution is 6.16. The molecular weight excluding hydrogens is 172 g/mol. The molecule has 0 N–H and O–H groups in total. The molecule has 12 heavy (non-hydrogen) atoms. The fourth-order valence-corrected chi connectivity index (χ4v) is 1.36. The Morgan fingerprint density at radius 3 is 2.58 bits per heavy atom. The van der Waals surface area contributed by atoms with E-state index in [0.29, 0.717) is 11.8 Å². The quantitative estimate of drug-likeness (QED) is 0.664. The second kappa shape index (κ2) is 3.94. The molecule has 0 atom stereocenters. The monoisotopic (exact) mass is 186 g/mol. The van der Waals surface area contributed by atoms with Crippen LogP contribution in [-0.4, -0.2) is 9.78 Å². The largest absolute Gasteiger partial charge is 0.268 e. The Hall–Kier alpha value is -0.500. The van der Waals surface area contributed by atoms with Crippen LogP contribution in [0.5, 0.6) is 0 Å². The van der Waals surface area contributed by atoms with E-state index in [9.17, 15) is 0 Å². The maximum Gasteiger partial charge on any atom is 0.0653 e. The molecule has 1 heterocycles. The molecule has 0 saturated heterocycles. The fourth-order valence-electron chi connectivity index (χ4n) is 1.14. The van der Waals surface area contributed by atoms with Crippen molar-refractivity contribution in [3.8, 4) is 0 Å². The molecule has 0 fully saturated rings. The first-order chi connectivity index (χ1) is 5.69. The summed E-state index contributed by atoms with van der Waals surface area (Å²) in [5.41, 5.74) is 2.25. The van der Waals surface area contributed by atoms with E-state index in [1.54, 1.807) is 0 Å². The molecule has 3 heteroatoms. The van der Waals surface area contributed by atoms with Gasteiger partial charge in [0.1, 0.15) is 0 Å². The zero-order valence-electron chi connectivity index (χ0n) is 7.84. The number of alkyl halides is 1. The minimum absolute atomic E-state index is 0.486. The van der Waals surface area contributed by atoms with Crippen molar-refractivity contribution in [3.63, 3.8) is 0 Å². The van der Waals surface area contributed by atoms with Crippen LogP contribution in [0.15, 0.2) is 6.07 Å². The van der Waals surface area contributed by atoms with Gasteiger partial charge in [0, 0.05) is 6.54 Å². The SMILES string of the molecule is CCn1nc(C(C)C)cc1CCl. The number of hydrogen-bond acceptors (Lipinski definition) is 1. The Labute approximate surface area is 78.5 Å². The van der Waals surface area contributed by atoms with E-state index in [1.807, 2.05) is 4.68 Å². The van der Waals surface area contributed by atoms with E-state index in [-0.39, 0.29) is 0 Å². The standard InChI is InChI=1S/C9H15ClN2/c1-4-12-8(6-10)5-9(11-12)7(2)3/h5,7H,4,6H2,1-3H3. The summed E-state index contributed by atoms with van der Waals surface area (Å²) in [6, 6.07) is 2.08. The highest BCUT2D eigenvalue weighted by Crippen LogP contribution is 2.15. The Kier molecular flexibility index (Phi) is 3.15.